The zero-order valence-corrected chi connectivity index (χ0v) is 12.4. The first-order chi connectivity index (χ1) is 10.2. The molecule has 0 saturated heterocycles. The Morgan fingerprint density at radius 1 is 1.10 bits per heavy atom. The minimum atomic E-state index is -0.125. The standard InChI is InChI=1S/C17H14N2OS/c1-12-9-10-18-16(11-12)19-17(20)15-8-7-14(21-15)13-5-3-2-4-6-13/h2-11H,1H3,(H,18,19,20). The van der Waals surface area contributed by atoms with E-state index in [1.165, 1.54) is 11.3 Å². The number of anilines is 1. The van der Waals surface area contributed by atoms with Crippen LogP contribution in [-0.2, 0) is 0 Å². The Morgan fingerprint density at radius 2 is 1.90 bits per heavy atom. The van der Waals surface area contributed by atoms with Crippen LogP contribution in [-0.4, -0.2) is 10.9 Å². The van der Waals surface area contributed by atoms with Crippen LogP contribution >= 0.6 is 11.3 Å². The molecular formula is C17H14N2OS. The summed E-state index contributed by atoms with van der Waals surface area (Å²) >= 11 is 1.48. The van der Waals surface area contributed by atoms with E-state index in [4.69, 9.17) is 0 Å². The Kier molecular flexibility index (Phi) is 3.79. The van der Waals surface area contributed by atoms with E-state index in [1.807, 2.05) is 61.5 Å². The smallest absolute Gasteiger partial charge is 0.266 e. The molecular weight excluding hydrogens is 280 g/mol. The number of thiophene rings is 1. The molecule has 21 heavy (non-hydrogen) atoms. The number of hydrogen-bond donors (Lipinski definition) is 1. The van der Waals surface area contributed by atoms with Gasteiger partial charge in [-0.25, -0.2) is 4.98 Å². The first-order valence-corrected chi connectivity index (χ1v) is 7.43. The van der Waals surface area contributed by atoms with Gasteiger partial charge in [-0.3, -0.25) is 4.79 Å². The van der Waals surface area contributed by atoms with Gasteiger partial charge in [0.15, 0.2) is 0 Å². The van der Waals surface area contributed by atoms with Crippen LogP contribution in [0.15, 0.2) is 60.8 Å². The van der Waals surface area contributed by atoms with Gasteiger partial charge in [0.1, 0.15) is 5.82 Å². The summed E-state index contributed by atoms with van der Waals surface area (Å²) in [4.78, 5) is 18.1. The van der Waals surface area contributed by atoms with Crippen molar-refractivity contribution in [1.82, 2.24) is 4.98 Å². The molecule has 104 valence electrons. The molecule has 0 saturated carbocycles. The molecule has 4 heteroatoms. The van der Waals surface area contributed by atoms with Crippen molar-refractivity contribution in [3.63, 3.8) is 0 Å². The minimum absolute atomic E-state index is 0.125. The van der Waals surface area contributed by atoms with Crippen molar-refractivity contribution in [3.05, 3.63) is 71.2 Å². The molecule has 1 aromatic carbocycles. The van der Waals surface area contributed by atoms with E-state index >= 15 is 0 Å². The van der Waals surface area contributed by atoms with Crippen LogP contribution in [0.2, 0.25) is 0 Å². The molecule has 3 rings (SSSR count). The Morgan fingerprint density at radius 3 is 2.67 bits per heavy atom. The van der Waals surface area contributed by atoms with Gasteiger partial charge in [0, 0.05) is 11.1 Å². The zero-order valence-electron chi connectivity index (χ0n) is 11.5. The number of amides is 1. The van der Waals surface area contributed by atoms with E-state index in [1.54, 1.807) is 6.20 Å². The van der Waals surface area contributed by atoms with E-state index < -0.39 is 0 Å². The third kappa shape index (κ3) is 3.17. The number of benzene rings is 1. The lowest BCUT2D eigenvalue weighted by Crippen LogP contribution is -2.11. The Labute approximate surface area is 127 Å². The highest BCUT2D eigenvalue weighted by Gasteiger charge is 2.11. The van der Waals surface area contributed by atoms with E-state index in [0.29, 0.717) is 10.7 Å². The largest absolute Gasteiger partial charge is 0.306 e. The van der Waals surface area contributed by atoms with E-state index in [0.717, 1.165) is 16.0 Å². The molecule has 2 heterocycles. The summed E-state index contributed by atoms with van der Waals surface area (Å²) in [6.07, 6.45) is 1.69. The van der Waals surface area contributed by atoms with Crippen molar-refractivity contribution in [2.45, 2.75) is 6.92 Å². The van der Waals surface area contributed by atoms with Gasteiger partial charge >= 0.3 is 0 Å². The van der Waals surface area contributed by atoms with Gasteiger partial charge in [-0.2, -0.15) is 0 Å². The maximum atomic E-state index is 12.2. The number of rotatable bonds is 3. The highest BCUT2D eigenvalue weighted by molar-refractivity contribution is 7.17. The fourth-order valence-corrected chi connectivity index (χ4v) is 2.91. The lowest BCUT2D eigenvalue weighted by atomic mass is 10.2. The predicted octanol–water partition coefficient (Wildman–Crippen LogP) is 4.37. The van der Waals surface area contributed by atoms with Crippen molar-refractivity contribution < 1.29 is 4.79 Å². The third-order valence-corrected chi connectivity index (χ3v) is 4.18. The maximum absolute atomic E-state index is 12.2. The van der Waals surface area contributed by atoms with Gasteiger partial charge in [0.2, 0.25) is 0 Å². The molecule has 0 aliphatic carbocycles. The van der Waals surface area contributed by atoms with Crippen LogP contribution in [0.25, 0.3) is 10.4 Å². The zero-order chi connectivity index (χ0) is 14.7. The van der Waals surface area contributed by atoms with Crippen molar-refractivity contribution >= 4 is 23.1 Å². The summed E-state index contributed by atoms with van der Waals surface area (Å²) in [6, 6.07) is 17.6. The van der Waals surface area contributed by atoms with Gasteiger partial charge in [-0.15, -0.1) is 11.3 Å². The SMILES string of the molecule is Cc1ccnc(NC(=O)c2ccc(-c3ccccc3)s2)c1. The van der Waals surface area contributed by atoms with Gasteiger partial charge in [-0.1, -0.05) is 30.3 Å². The minimum Gasteiger partial charge on any atom is -0.306 e. The molecule has 0 aliphatic rings. The average molecular weight is 294 g/mol. The van der Waals surface area contributed by atoms with Crippen LogP contribution in [0.1, 0.15) is 15.2 Å². The Bertz CT molecular complexity index is 765. The third-order valence-electron chi connectivity index (χ3n) is 3.05. The van der Waals surface area contributed by atoms with E-state index in [-0.39, 0.29) is 5.91 Å². The summed E-state index contributed by atoms with van der Waals surface area (Å²) < 4.78 is 0. The number of carbonyl (C=O) groups is 1. The van der Waals surface area contributed by atoms with Crippen molar-refractivity contribution in [2.75, 3.05) is 5.32 Å². The molecule has 0 radical (unpaired) electrons. The van der Waals surface area contributed by atoms with Crippen LogP contribution in [0, 0.1) is 6.92 Å². The molecule has 0 unspecified atom stereocenters. The second-order valence-electron chi connectivity index (χ2n) is 4.70. The first kappa shape index (κ1) is 13.5. The normalized spacial score (nSPS) is 10.3. The molecule has 3 aromatic rings. The quantitative estimate of drug-likeness (QED) is 0.779. The highest BCUT2D eigenvalue weighted by atomic mass is 32.1. The van der Waals surface area contributed by atoms with Crippen LogP contribution < -0.4 is 5.32 Å². The number of hydrogen-bond acceptors (Lipinski definition) is 3. The van der Waals surface area contributed by atoms with Gasteiger partial charge in [0.05, 0.1) is 4.88 Å². The monoisotopic (exact) mass is 294 g/mol. The summed E-state index contributed by atoms with van der Waals surface area (Å²) in [5, 5.41) is 2.82. The Balaban J connectivity index is 1.78. The topological polar surface area (TPSA) is 42.0 Å². The fourth-order valence-electron chi connectivity index (χ4n) is 2.00. The number of nitrogens with one attached hydrogen (secondary N) is 1. The van der Waals surface area contributed by atoms with Crippen LogP contribution in [0.3, 0.4) is 0 Å². The maximum Gasteiger partial charge on any atom is 0.266 e. The predicted molar refractivity (Wildman–Crippen MR) is 86.7 cm³/mol. The van der Waals surface area contributed by atoms with Crippen LogP contribution in [0.4, 0.5) is 5.82 Å². The van der Waals surface area contributed by atoms with E-state index in [2.05, 4.69) is 10.3 Å². The number of carbonyl (C=O) groups excluding carboxylic acids is 1. The van der Waals surface area contributed by atoms with E-state index in [9.17, 15) is 4.79 Å². The molecule has 0 fully saturated rings. The fraction of sp³-hybridized carbons (Fsp3) is 0.0588. The second-order valence-corrected chi connectivity index (χ2v) is 5.79. The molecule has 0 aliphatic heterocycles. The number of pyridine rings is 1. The van der Waals surface area contributed by atoms with Gasteiger partial charge < -0.3 is 5.32 Å². The second kappa shape index (κ2) is 5.89. The first-order valence-electron chi connectivity index (χ1n) is 6.61. The number of aromatic nitrogens is 1. The molecule has 0 bridgehead atoms. The molecule has 0 spiro atoms. The summed E-state index contributed by atoms with van der Waals surface area (Å²) in [6.45, 7) is 1.97. The summed E-state index contributed by atoms with van der Waals surface area (Å²) in [5.74, 6) is 0.454. The molecule has 1 N–H and O–H groups in total. The highest BCUT2D eigenvalue weighted by Crippen LogP contribution is 2.28. The lowest BCUT2D eigenvalue weighted by molar-refractivity contribution is 0.103. The number of nitrogens with zero attached hydrogens (tertiary/aromatic N) is 1. The van der Waals surface area contributed by atoms with Crippen molar-refractivity contribution in [2.24, 2.45) is 0 Å². The lowest BCUT2D eigenvalue weighted by Gasteiger charge is -2.03. The Hall–Kier alpha value is -2.46. The van der Waals surface area contributed by atoms with Gasteiger partial charge in [0.25, 0.3) is 5.91 Å². The summed E-state index contributed by atoms with van der Waals surface area (Å²) in [5.41, 5.74) is 2.19. The number of aryl methyl sites for hydroxylation is 1. The average Bonchev–Trinajstić information content (AvgIpc) is 2.98. The molecule has 0 atom stereocenters. The van der Waals surface area contributed by atoms with Crippen molar-refractivity contribution in [1.29, 1.82) is 0 Å². The molecule has 3 nitrogen and oxygen atoms in total. The molecule has 2 aromatic heterocycles. The molecule has 1 amide bonds. The van der Waals surface area contributed by atoms with Crippen LogP contribution in [0.5, 0.6) is 0 Å². The summed E-state index contributed by atoms with van der Waals surface area (Å²) in [7, 11) is 0. The van der Waals surface area contributed by atoms with Gasteiger partial charge in [-0.05, 0) is 42.3 Å². The van der Waals surface area contributed by atoms with Crippen molar-refractivity contribution in [3.8, 4) is 10.4 Å².